The summed E-state index contributed by atoms with van der Waals surface area (Å²) >= 11 is 0. The van der Waals surface area contributed by atoms with Crippen LogP contribution in [0.5, 0.6) is 0 Å². The molecule has 0 saturated heterocycles. The minimum atomic E-state index is -0.0491. The van der Waals surface area contributed by atoms with Gasteiger partial charge in [0.05, 0.1) is 11.6 Å². The van der Waals surface area contributed by atoms with Crippen LogP contribution < -0.4 is 5.48 Å². The quantitative estimate of drug-likeness (QED) is 0.267. The normalized spacial score (nSPS) is 10.8. The third kappa shape index (κ3) is 1.81. The molecule has 3 N–H and O–H groups in total. The summed E-state index contributed by atoms with van der Waals surface area (Å²) in [5.41, 5.74) is 3.55. The summed E-state index contributed by atoms with van der Waals surface area (Å²) in [6, 6.07) is 6.79. The lowest BCUT2D eigenvalue weighted by Gasteiger charge is -2.05. The molecule has 0 spiro atoms. The first-order valence-electron chi connectivity index (χ1n) is 3.86. The van der Waals surface area contributed by atoms with Gasteiger partial charge in [0.1, 0.15) is 0 Å². The topological polar surface area (TPSA) is 88.6 Å². The van der Waals surface area contributed by atoms with Crippen molar-refractivity contribution in [1.82, 2.24) is 5.48 Å². The van der Waals surface area contributed by atoms with Crippen LogP contribution in [0.2, 0.25) is 0 Å². The Morgan fingerprint density at radius 3 is 2.71 bits per heavy atom. The zero-order valence-electron chi connectivity index (χ0n) is 7.52. The molecule has 5 heteroatoms. The van der Waals surface area contributed by atoms with Crippen LogP contribution in [0.1, 0.15) is 16.7 Å². The number of oxime groups is 1. The van der Waals surface area contributed by atoms with E-state index in [1.165, 1.54) is 0 Å². The molecule has 0 bridgehead atoms. The van der Waals surface area contributed by atoms with E-state index in [4.69, 9.17) is 15.7 Å². The molecule has 0 atom stereocenters. The van der Waals surface area contributed by atoms with Gasteiger partial charge in [-0.2, -0.15) is 5.26 Å². The molecular formula is C9H9N3O2. The molecule has 0 fully saturated rings. The molecule has 0 unspecified atom stereocenters. The number of amidine groups is 1. The molecule has 1 rings (SSSR count). The van der Waals surface area contributed by atoms with Crippen molar-refractivity contribution in [3.63, 3.8) is 0 Å². The monoisotopic (exact) mass is 191 g/mol. The van der Waals surface area contributed by atoms with Crippen LogP contribution in [-0.2, 0) is 0 Å². The first-order valence-corrected chi connectivity index (χ1v) is 3.86. The minimum absolute atomic E-state index is 0.0491. The van der Waals surface area contributed by atoms with Gasteiger partial charge in [0.25, 0.3) is 0 Å². The SMILES string of the molecule is Cc1cc(C#N)ccc1C(=NO)NO. The number of hydroxylamine groups is 1. The van der Waals surface area contributed by atoms with E-state index >= 15 is 0 Å². The van der Waals surface area contributed by atoms with Gasteiger partial charge >= 0.3 is 0 Å². The van der Waals surface area contributed by atoms with Crippen LogP contribution in [0.4, 0.5) is 0 Å². The summed E-state index contributed by atoms with van der Waals surface area (Å²) in [5.74, 6) is -0.0491. The highest BCUT2D eigenvalue weighted by Crippen LogP contribution is 2.10. The summed E-state index contributed by atoms with van der Waals surface area (Å²) in [5, 5.41) is 28.6. The predicted molar refractivity (Wildman–Crippen MR) is 49.1 cm³/mol. The van der Waals surface area contributed by atoms with E-state index in [0.717, 1.165) is 5.56 Å². The van der Waals surface area contributed by atoms with Gasteiger partial charge in [0, 0.05) is 5.56 Å². The number of hydrogen-bond acceptors (Lipinski definition) is 4. The highest BCUT2D eigenvalue weighted by Gasteiger charge is 2.06. The maximum absolute atomic E-state index is 8.62. The highest BCUT2D eigenvalue weighted by atomic mass is 16.5. The molecule has 0 radical (unpaired) electrons. The Kier molecular flexibility index (Phi) is 3.05. The standard InChI is InChI=1S/C9H9N3O2/c1-6-4-7(5-10)2-3-8(6)9(11-13)12-14/h2-4,13-14H,1H3,(H,11,12). The Bertz CT molecular complexity index is 407. The van der Waals surface area contributed by atoms with E-state index in [0.29, 0.717) is 11.1 Å². The van der Waals surface area contributed by atoms with Crippen LogP contribution in [0.25, 0.3) is 0 Å². The number of hydrogen-bond donors (Lipinski definition) is 3. The Morgan fingerprint density at radius 1 is 1.57 bits per heavy atom. The van der Waals surface area contributed by atoms with E-state index in [-0.39, 0.29) is 5.84 Å². The fraction of sp³-hybridized carbons (Fsp3) is 0.111. The summed E-state index contributed by atoms with van der Waals surface area (Å²) in [6.07, 6.45) is 0. The molecule has 0 saturated carbocycles. The molecule has 1 aromatic carbocycles. The lowest BCUT2D eigenvalue weighted by Crippen LogP contribution is -2.21. The van der Waals surface area contributed by atoms with Crippen LogP contribution in [0, 0.1) is 18.3 Å². The minimum Gasteiger partial charge on any atom is -0.409 e. The first-order chi connectivity index (χ1) is 6.72. The van der Waals surface area contributed by atoms with Crippen LogP contribution in [0.3, 0.4) is 0 Å². The third-order valence-corrected chi connectivity index (χ3v) is 1.82. The van der Waals surface area contributed by atoms with E-state index in [2.05, 4.69) is 5.16 Å². The third-order valence-electron chi connectivity index (χ3n) is 1.82. The molecule has 72 valence electrons. The number of aryl methyl sites for hydroxylation is 1. The molecule has 1 aromatic rings. The zero-order chi connectivity index (χ0) is 10.6. The van der Waals surface area contributed by atoms with Crippen molar-refractivity contribution in [3.05, 3.63) is 34.9 Å². The number of benzene rings is 1. The number of rotatable bonds is 1. The van der Waals surface area contributed by atoms with E-state index in [1.54, 1.807) is 30.6 Å². The van der Waals surface area contributed by atoms with Crippen LogP contribution in [0.15, 0.2) is 23.4 Å². The fourth-order valence-electron chi connectivity index (χ4n) is 1.14. The second-order valence-corrected chi connectivity index (χ2v) is 2.70. The molecule has 5 nitrogen and oxygen atoms in total. The second-order valence-electron chi connectivity index (χ2n) is 2.70. The van der Waals surface area contributed by atoms with Gasteiger partial charge in [0.2, 0.25) is 0 Å². The Hall–Kier alpha value is -2.06. The maximum atomic E-state index is 8.62. The van der Waals surface area contributed by atoms with Crippen molar-refractivity contribution in [2.75, 3.05) is 0 Å². The van der Waals surface area contributed by atoms with Gasteiger partial charge in [-0.15, -0.1) is 0 Å². The van der Waals surface area contributed by atoms with E-state index in [1.807, 2.05) is 6.07 Å². The summed E-state index contributed by atoms with van der Waals surface area (Å²) in [4.78, 5) is 0. The predicted octanol–water partition coefficient (Wildman–Crippen LogP) is 0.981. The molecule has 0 aliphatic heterocycles. The Morgan fingerprint density at radius 2 is 2.29 bits per heavy atom. The van der Waals surface area contributed by atoms with Gasteiger partial charge < -0.3 is 5.21 Å². The van der Waals surface area contributed by atoms with Gasteiger partial charge in [-0.1, -0.05) is 5.16 Å². The average molecular weight is 191 g/mol. The van der Waals surface area contributed by atoms with E-state index < -0.39 is 0 Å². The smallest absolute Gasteiger partial charge is 0.196 e. The largest absolute Gasteiger partial charge is 0.409 e. The zero-order valence-corrected chi connectivity index (χ0v) is 7.52. The molecule has 0 heterocycles. The van der Waals surface area contributed by atoms with Crippen LogP contribution in [-0.4, -0.2) is 16.3 Å². The lowest BCUT2D eigenvalue weighted by molar-refractivity contribution is 0.223. The molecule has 0 aromatic heterocycles. The summed E-state index contributed by atoms with van der Waals surface area (Å²) < 4.78 is 0. The number of nitrogens with one attached hydrogen (secondary N) is 1. The van der Waals surface area contributed by atoms with E-state index in [9.17, 15) is 0 Å². The highest BCUT2D eigenvalue weighted by molar-refractivity contribution is 5.98. The number of nitrogens with zero attached hydrogens (tertiary/aromatic N) is 2. The van der Waals surface area contributed by atoms with Crippen molar-refractivity contribution >= 4 is 5.84 Å². The molecule has 14 heavy (non-hydrogen) atoms. The van der Waals surface area contributed by atoms with Crippen molar-refractivity contribution in [3.8, 4) is 6.07 Å². The fourth-order valence-corrected chi connectivity index (χ4v) is 1.14. The lowest BCUT2D eigenvalue weighted by atomic mass is 10.1. The van der Waals surface area contributed by atoms with Crippen molar-refractivity contribution < 1.29 is 10.4 Å². The molecular weight excluding hydrogens is 182 g/mol. The molecule has 0 aliphatic rings. The van der Waals surface area contributed by atoms with Gasteiger partial charge in [0.15, 0.2) is 5.84 Å². The van der Waals surface area contributed by atoms with Crippen LogP contribution >= 0.6 is 0 Å². The number of nitriles is 1. The summed E-state index contributed by atoms with van der Waals surface area (Å²) in [6.45, 7) is 1.75. The maximum Gasteiger partial charge on any atom is 0.196 e. The summed E-state index contributed by atoms with van der Waals surface area (Å²) in [7, 11) is 0. The van der Waals surface area contributed by atoms with Gasteiger partial charge in [-0.25, -0.2) is 5.48 Å². The Labute approximate surface area is 80.9 Å². The Balaban J connectivity index is 3.19. The van der Waals surface area contributed by atoms with Crippen molar-refractivity contribution in [2.45, 2.75) is 6.92 Å². The second kappa shape index (κ2) is 4.25. The van der Waals surface area contributed by atoms with Crippen molar-refractivity contribution in [1.29, 1.82) is 5.26 Å². The first kappa shape index (κ1) is 10.0. The molecule has 0 aliphatic carbocycles. The molecule has 0 amide bonds. The average Bonchev–Trinajstić information content (AvgIpc) is 2.22. The van der Waals surface area contributed by atoms with Gasteiger partial charge in [-0.3, -0.25) is 5.21 Å². The van der Waals surface area contributed by atoms with Crippen molar-refractivity contribution in [2.24, 2.45) is 5.16 Å². The van der Waals surface area contributed by atoms with Gasteiger partial charge in [-0.05, 0) is 30.7 Å².